The molecule has 4 heteroatoms. The van der Waals surface area contributed by atoms with E-state index in [1.165, 1.54) is 0 Å². The summed E-state index contributed by atoms with van der Waals surface area (Å²) in [6.45, 7) is 2.02. The Balaban J connectivity index is 2.57. The van der Waals surface area contributed by atoms with E-state index in [0.717, 1.165) is 16.9 Å². The average molecular weight is 238 g/mol. The topological polar surface area (TPSA) is 52.8 Å². The van der Waals surface area contributed by atoms with Gasteiger partial charge in [-0.3, -0.25) is 0 Å². The molecule has 1 heterocycles. The first-order valence-electron chi connectivity index (χ1n) is 5.63. The first kappa shape index (κ1) is 12.1. The third-order valence-corrected chi connectivity index (χ3v) is 2.56. The molecule has 0 saturated carbocycles. The van der Waals surface area contributed by atoms with Crippen molar-refractivity contribution in [3.8, 4) is 17.5 Å². The molecule has 2 rings (SSSR count). The summed E-state index contributed by atoms with van der Waals surface area (Å²) >= 11 is 0. The van der Waals surface area contributed by atoms with Crippen molar-refractivity contribution in [3.05, 3.63) is 41.6 Å². The van der Waals surface area contributed by atoms with Crippen molar-refractivity contribution in [2.24, 2.45) is 0 Å². The van der Waals surface area contributed by atoms with E-state index in [9.17, 15) is 0 Å². The second-order valence-corrected chi connectivity index (χ2v) is 4.31. The Morgan fingerprint density at radius 2 is 1.94 bits per heavy atom. The summed E-state index contributed by atoms with van der Waals surface area (Å²) in [7, 11) is 3.78. The highest BCUT2D eigenvalue weighted by Gasteiger charge is 2.08. The van der Waals surface area contributed by atoms with E-state index in [0.29, 0.717) is 11.5 Å². The highest BCUT2D eigenvalue weighted by molar-refractivity contribution is 5.59. The fourth-order valence-electron chi connectivity index (χ4n) is 1.63. The number of benzene rings is 1. The van der Waals surface area contributed by atoms with Gasteiger partial charge < -0.3 is 4.90 Å². The summed E-state index contributed by atoms with van der Waals surface area (Å²) in [6.07, 6.45) is 0. The van der Waals surface area contributed by atoms with Gasteiger partial charge in [-0.25, -0.2) is 9.97 Å². The van der Waals surface area contributed by atoms with Crippen LogP contribution < -0.4 is 4.90 Å². The zero-order valence-electron chi connectivity index (χ0n) is 10.7. The normalized spacial score (nSPS) is 9.89. The minimum absolute atomic E-state index is 0.380. The van der Waals surface area contributed by atoms with Crippen molar-refractivity contribution in [1.29, 1.82) is 5.26 Å². The fourth-order valence-corrected chi connectivity index (χ4v) is 1.63. The molecule has 0 aliphatic carbocycles. The number of hydrogen-bond acceptors (Lipinski definition) is 4. The molecule has 4 nitrogen and oxygen atoms in total. The molecule has 0 unspecified atom stereocenters. The minimum Gasteiger partial charge on any atom is -0.363 e. The van der Waals surface area contributed by atoms with Gasteiger partial charge in [-0.1, -0.05) is 23.8 Å². The fraction of sp³-hybridized carbons (Fsp3) is 0.214. The maximum absolute atomic E-state index is 9.01. The Morgan fingerprint density at radius 3 is 2.56 bits per heavy atom. The standard InChI is InChI=1S/C14H14N4/c1-10-5-4-6-11(7-10)14-16-12(9-15)8-13(17-14)18(2)3/h4-8H,1-3H3. The Labute approximate surface area is 107 Å². The van der Waals surface area contributed by atoms with E-state index < -0.39 is 0 Å². The summed E-state index contributed by atoms with van der Waals surface area (Å²) < 4.78 is 0. The second kappa shape index (κ2) is 4.84. The summed E-state index contributed by atoms with van der Waals surface area (Å²) in [5.74, 6) is 1.32. The van der Waals surface area contributed by atoms with Crippen molar-refractivity contribution in [3.63, 3.8) is 0 Å². The molecule has 0 atom stereocenters. The molecule has 0 fully saturated rings. The van der Waals surface area contributed by atoms with Crippen molar-refractivity contribution in [1.82, 2.24) is 9.97 Å². The zero-order valence-corrected chi connectivity index (χ0v) is 10.7. The maximum atomic E-state index is 9.01. The van der Waals surface area contributed by atoms with Crippen LogP contribution in [0.5, 0.6) is 0 Å². The van der Waals surface area contributed by atoms with Crippen molar-refractivity contribution in [2.75, 3.05) is 19.0 Å². The molecule has 18 heavy (non-hydrogen) atoms. The SMILES string of the molecule is Cc1cccc(-c2nc(C#N)cc(N(C)C)n2)c1. The lowest BCUT2D eigenvalue weighted by atomic mass is 10.1. The molecule has 90 valence electrons. The van der Waals surface area contributed by atoms with Gasteiger partial charge >= 0.3 is 0 Å². The van der Waals surface area contributed by atoms with Gasteiger partial charge in [-0.2, -0.15) is 5.26 Å². The molecule has 0 radical (unpaired) electrons. The Hall–Kier alpha value is -2.41. The van der Waals surface area contributed by atoms with Gasteiger partial charge in [-0.15, -0.1) is 0 Å². The van der Waals surface area contributed by atoms with E-state index >= 15 is 0 Å². The number of anilines is 1. The highest BCUT2D eigenvalue weighted by Crippen LogP contribution is 2.19. The van der Waals surface area contributed by atoms with E-state index in [1.54, 1.807) is 6.07 Å². The summed E-state index contributed by atoms with van der Waals surface area (Å²) in [5.41, 5.74) is 2.45. The molecule has 0 aliphatic rings. The predicted molar refractivity (Wildman–Crippen MR) is 71.2 cm³/mol. The number of nitrogens with zero attached hydrogens (tertiary/aromatic N) is 4. The van der Waals surface area contributed by atoms with Gasteiger partial charge in [-0.05, 0) is 13.0 Å². The van der Waals surface area contributed by atoms with E-state index in [1.807, 2.05) is 50.2 Å². The molecule has 0 amide bonds. The Morgan fingerprint density at radius 1 is 1.17 bits per heavy atom. The molecule has 0 bridgehead atoms. The van der Waals surface area contributed by atoms with Crippen LogP contribution in [0, 0.1) is 18.3 Å². The first-order chi connectivity index (χ1) is 8.60. The van der Waals surface area contributed by atoms with Gasteiger partial charge in [0.1, 0.15) is 17.6 Å². The van der Waals surface area contributed by atoms with Gasteiger partial charge in [0.05, 0.1) is 0 Å². The molecule has 0 aliphatic heterocycles. The van der Waals surface area contributed by atoms with Gasteiger partial charge in [0.2, 0.25) is 0 Å². The predicted octanol–water partition coefficient (Wildman–Crippen LogP) is 2.39. The largest absolute Gasteiger partial charge is 0.363 e. The van der Waals surface area contributed by atoms with E-state index in [2.05, 4.69) is 16.0 Å². The van der Waals surface area contributed by atoms with Crippen molar-refractivity contribution < 1.29 is 0 Å². The third-order valence-electron chi connectivity index (χ3n) is 2.56. The van der Waals surface area contributed by atoms with Crippen LogP contribution in [0.3, 0.4) is 0 Å². The van der Waals surface area contributed by atoms with Crippen LogP contribution >= 0.6 is 0 Å². The molecule has 1 aromatic heterocycles. The lowest BCUT2D eigenvalue weighted by molar-refractivity contribution is 1.03. The Kier molecular flexibility index (Phi) is 3.24. The summed E-state index contributed by atoms with van der Waals surface area (Å²) in [4.78, 5) is 10.6. The lowest BCUT2D eigenvalue weighted by Crippen LogP contribution is -2.12. The monoisotopic (exact) mass is 238 g/mol. The highest BCUT2D eigenvalue weighted by atomic mass is 15.1. The van der Waals surface area contributed by atoms with Crippen molar-refractivity contribution >= 4 is 5.82 Å². The number of aromatic nitrogens is 2. The molecular formula is C14H14N4. The summed E-state index contributed by atoms with van der Waals surface area (Å²) in [5, 5.41) is 9.01. The zero-order chi connectivity index (χ0) is 13.1. The molecule has 0 spiro atoms. The molecule has 1 aromatic carbocycles. The van der Waals surface area contributed by atoms with Crippen LogP contribution in [0.2, 0.25) is 0 Å². The van der Waals surface area contributed by atoms with E-state index in [-0.39, 0.29) is 0 Å². The number of hydrogen-bond donors (Lipinski definition) is 0. The lowest BCUT2D eigenvalue weighted by Gasteiger charge is -2.12. The first-order valence-corrected chi connectivity index (χ1v) is 5.63. The third kappa shape index (κ3) is 2.46. The van der Waals surface area contributed by atoms with Gasteiger partial charge in [0, 0.05) is 25.7 Å². The van der Waals surface area contributed by atoms with Crippen LogP contribution in [0.15, 0.2) is 30.3 Å². The molecular weight excluding hydrogens is 224 g/mol. The van der Waals surface area contributed by atoms with Crippen molar-refractivity contribution in [2.45, 2.75) is 6.92 Å². The quantitative estimate of drug-likeness (QED) is 0.806. The van der Waals surface area contributed by atoms with Gasteiger partial charge in [0.25, 0.3) is 0 Å². The Bertz CT molecular complexity index is 611. The smallest absolute Gasteiger partial charge is 0.162 e. The van der Waals surface area contributed by atoms with E-state index in [4.69, 9.17) is 5.26 Å². The van der Waals surface area contributed by atoms with Crippen LogP contribution in [-0.2, 0) is 0 Å². The number of rotatable bonds is 2. The van der Waals surface area contributed by atoms with Crippen LogP contribution in [0.25, 0.3) is 11.4 Å². The van der Waals surface area contributed by atoms with Crippen LogP contribution in [0.4, 0.5) is 5.82 Å². The second-order valence-electron chi connectivity index (χ2n) is 4.31. The molecule has 0 saturated heterocycles. The maximum Gasteiger partial charge on any atom is 0.162 e. The number of nitriles is 1. The number of aryl methyl sites for hydroxylation is 1. The minimum atomic E-state index is 0.380. The van der Waals surface area contributed by atoms with Crippen LogP contribution in [0.1, 0.15) is 11.3 Å². The average Bonchev–Trinajstić information content (AvgIpc) is 2.38. The van der Waals surface area contributed by atoms with Crippen LogP contribution in [-0.4, -0.2) is 24.1 Å². The molecule has 2 aromatic rings. The van der Waals surface area contributed by atoms with Gasteiger partial charge in [0.15, 0.2) is 5.82 Å². The summed E-state index contributed by atoms with van der Waals surface area (Å²) in [6, 6.07) is 11.7. The molecule has 0 N–H and O–H groups in total.